The van der Waals surface area contributed by atoms with E-state index in [0.29, 0.717) is 5.56 Å². The molecule has 0 radical (unpaired) electrons. The normalized spacial score (nSPS) is 14.4. The highest BCUT2D eigenvalue weighted by Gasteiger charge is 2.28. The van der Waals surface area contributed by atoms with Crippen LogP contribution in [0.4, 0.5) is 4.39 Å². The molecule has 17 heavy (non-hydrogen) atoms. The van der Waals surface area contributed by atoms with Crippen LogP contribution >= 0.6 is 34.8 Å². The lowest BCUT2D eigenvalue weighted by Gasteiger charge is -2.20. The molecule has 0 spiro atoms. The Hall–Kier alpha value is -0.510. The van der Waals surface area contributed by atoms with Crippen LogP contribution in [0.1, 0.15) is 11.5 Å². The smallest absolute Gasteiger partial charge is 0.308 e. The molecule has 0 heterocycles. The van der Waals surface area contributed by atoms with Crippen molar-refractivity contribution in [2.45, 2.75) is 5.92 Å². The van der Waals surface area contributed by atoms with Crippen LogP contribution in [0, 0.1) is 11.7 Å². The van der Waals surface area contributed by atoms with E-state index in [9.17, 15) is 9.18 Å². The molecule has 0 aliphatic carbocycles. The molecule has 2 unspecified atom stereocenters. The molecule has 1 aromatic rings. The predicted octanol–water partition coefficient (Wildman–Crippen LogP) is 3.74. The van der Waals surface area contributed by atoms with Gasteiger partial charge in [0.2, 0.25) is 0 Å². The minimum Gasteiger partial charge on any atom is -0.481 e. The van der Waals surface area contributed by atoms with Gasteiger partial charge in [0, 0.05) is 17.7 Å². The SMILES string of the molecule is O=C(O)C(CCl)C(CCl)c1ccc(Cl)c(F)c1. The highest BCUT2D eigenvalue weighted by molar-refractivity contribution is 6.30. The fourth-order valence-corrected chi connectivity index (χ4v) is 2.38. The summed E-state index contributed by atoms with van der Waals surface area (Å²) in [6.45, 7) is 0. The second-order valence-electron chi connectivity index (χ2n) is 3.53. The third-order valence-electron chi connectivity index (χ3n) is 2.51. The molecule has 94 valence electrons. The molecule has 0 amide bonds. The van der Waals surface area contributed by atoms with Gasteiger partial charge in [-0.25, -0.2) is 4.39 Å². The molecular formula is C11H10Cl3FO2. The Morgan fingerprint density at radius 2 is 2.00 bits per heavy atom. The number of carboxylic acid groups (broad SMARTS) is 1. The van der Waals surface area contributed by atoms with Gasteiger partial charge in [0.05, 0.1) is 10.9 Å². The lowest BCUT2D eigenvalue weighted by molar-refractivity contribution is -0.141. The molecule has 0 aliphatic rings. The van der Waals surface area contributed by atoms with E-state index in [1.54, 1.807) is 6.07 Å². The van der Waals surface area contributed by atoms with Gasteiger partial charge in [-0.15, -0.1) is 23.2 Å². The van der Waals surface area contributed by atoms with E-state index < -0.39 is 23.6 Å². The van der Waals surface area contributed by atoms with Crippen LogP contribution < -0.4 is 0 Å². The van der Waals surface area contributed by atoms with Crippen LogP contribution in [0.2, 0.25) is 5.02 Å². The van der Waals surface area contributed by atoms with Crippen molar-refractivity contribution in [2.24, 2.45) is 5.92 Å². The summed E-state index contributed by atoms with van der Waals surface area (Å²) >= 11 is 16.9. The van der Waals surface area contributed by atoms with Gasteiger partial charge in [0.15, 0.2) is 0 Å². The van der Waals surface area contributed by atoms with Gasteiger partial charge >= 0.3 is 5.97 Å². The van der Waals surface area contributed by atoms with Gasteiger partial charge in [0.1, 0.15) is 5.82 Å². The summed E-state index contributed by atoms with van der Waals surface area (Å²) in [6, 6.07) is 4.12. The van der Waals surface area contributed by atoms with E-state index >= 15 is 0 Å². The Morgan fingerprint density at radius 1 is 1.35 bits per heavy atom. The van der Waals surface area contributed by atoms with Gasteiger partial charge in [-0.1, -0.05) is 17.7 Å². The van der Waals surface area contributed by atoms with Crippen LogP contribution in [0.3, 0.4) is 0 Å². The van der Waals surface area contributed by atoms with Gasteiger partial charge in [0.25, 0.3) is 0 Å². The molecule has 1 rings (SSSR count). The number of aliphatic carboxylic acids is 1. The first-order valence-electron chi connectivity index (χ1n) is 4.81. The fourth-order valence-electron chi connectivity index (χ4n) is 1.52. The number of carboxylic acids is 1. The highest BCUT2D eigenvalue weighted by Crippen LogP contribution is 2.29. The maximum absolute atomic E-state index is 13.3. The summed E-state index contributed by atoms with van der Waals surface area (Å²) in [4.78, 5) is 11.0. The molecule has 1 N–H and O–H groups in total. The van der Waals surface area contributed by atoms with Crippen molar-refractivity contribution in [2.75, 3.05) is 11.8 Å². The lowest BCUT2D eigenvalue weighted by atomic mass is 9.88. The van der Waals surface area contributed by atoms with Crippen molar-refractivity contribution in [3.05, 3.63) is 34.6 Å². The summed E-state index contributed by atoms with van der Waals surface area (Å²) in [5.74, 6) is -3.09. The first kappa shape index (κ1) is 14.6. The summed E-state index contributed by atoms with van der Waals surface area (Å²) in [5, 5.41) is 8.98. The molecule has 0 bridgehead atoms. The Kier molecular flexibility index (Phi) is 5.50. The molecule has 0 saturated carbocycles. The topological polar surface area (TPSA) is 37.3 Å². The summed E-state index contributed by atoms with van der Waals surface area (Å²) in [6.07, 6.45) is 0. The number of halogens is 4. The van der Waals surface area contributed by atoms with Crippen LogP contribution in [-0.4, -0.2) is 22.8 Å². The number of hydrogen-bond donors (Lipinski definition) is 1. The van der Waals surface area contributed by atoms with E-state index in [0.717, 1.165) is 0 Å². The quantitative estimate of drug-likeness (QED) is 0.841. The van der Waals surface area contributed by atoms with Crippen molar-refractivity contribution in [1.82, 2.24) is 0 Å². The van der Waals surface area contributed by atoms with Gasteiger partial charge in [-0.05, 0) is 17.7 Å². The van der Waals surface area contributed by atoms with Crippen molar-refractivity contribution in [3.63, 3.8) is 0 Å². The van der Waals surface area contributed by atoms with Gasteiger partial charge in [-0.3, -0.25) is 4.79 Å². The number of rotatable bonds is 5. The largest absolute Gasteiger partial charge is 0.481 e. The monoisotopic (exact) mass is 298 g/mol. The second-order valence-corrected chi connectivity index (χ2v) is 4.56. The average molecular weight is 300 g/mol. The lowest BCUT2D eigenvalue weighted by Crippen LogP contribution is -2.25. The summed E-state index contributed by atoms with van der Waals surface area (Å²) in [5.41, 5.74) is 0.481. The summed E-state index contributed by atoms with van der Waals surface area (Å²) < 4.78 is 13.3. The second kappa shape index (κ2) is 6.43. The molecule has 2 atom stereocenters. The standard InChI is InChI=1S/C11H10Cl3FO2/c12-4-7(8(5-13)11(16)17)6-1-2-9(14)10(15)3-6/h1-3,7-8H,4-5H2,(H,16,17). The Morgan fingerprint density at radius 3 is 2.41 bits per heavy atom. The maximum atomic E-state index is 13.3. The van der Waals surface area contributed by atoms with Crippen molar-refractivity contribution < 1.29 is 14.3 Å². The first-order chi connectivity index (χ1) is 8.01. The minimum absolute atomic E-state index is 0.0141. The Balaban J connectivity index is 3.08. The Bertz CT molecular complexity index is 412. The first-order valence-corrected chi connectivity index (χ1v) is 6.25. The molecule has 1 aromatic carbocycles. The fraction of sp³-hybridized carbons (Fsp3) is 0.364. The van der Waals surface area contributed by atoms with Gasteiger partial charge < -0.3 is 5.11 Å². The van der Waals surface area contributed by atoms with E-state index in [-0.39, 0.29) is 16.8 Å². The van der Waals surface area contributed by atoms with Crippen molar-refractivity contribution in [1.29, 1.82) is 0 Å². The van der Waals surface area contributed by atoms with E-state index in [1.807, 2.05) is 0 Å². The number of benzene rings is 1. The van der Waals surface area contributed by atoms with Crippen LogP contribution in [0.5, 0.6) is 0 Å². The van der Waals surface area contributed by atoms with Crippen molar-refractivity contribution in [3.8, 4) is 0 Å². The van der Waals surface area contributed by atoms with Crippen molar-refractivity contribution >= 4 is 40.8 Å². The number of alkyl halides is 2. The average Bonchev–Trinajstić information content (AvgIpc) is 2.29. The Labute approximate surface area is 113 Å². The molecule has 2 nitrogen and oxygen atoms in total. The molecule has 0 fully saturated rings. The van der Waals surface area contributed by atoms with E-state index in [2.05, 4.69) is 0 Å². The molecule has 6 heteroatoms. The van der Waals surface area contributed by atoms with Gasteiger partial charge in [-0.2, -0.15) is 0 Å². The van der Waals surface area contributed by atoms with Crippen LogP contribution in [-0.2, 0) is 4.79 Å². The van der Waals surface area contributed by atoms with Crippen LogP contribution in [0.25, 0.3) is 0 Å². The van der Waals surface area contributed by atoms with E-state index in [1.165, 1.54) is 12.1 Å². The zero-order valence-corrected chi connectivity index (χ0v) is 10.9. The third-order valence-corrected chi connectivity index (χ3v) is 3.48. The third kappa shape index (κ3) is 3.47. The minimum atomic E-state index is -1.05. The highest BCUT2D eigenvalue weighted by atomic mass is 35.5. The molecule has 0 aromatic heterocycles. The number of hydrogen-bond acceptors (Lipinski definition) is 1. The predicted molar refractivity (Wildman–Crippen MR) is 66.7 cm³/mol. The molecule has 0 aliphatic heterocycles. The number of carbonyl (C=O) groups is 1. The maximum Gasteiger partial charge on any atom is 0.308 e. The molecule has 0 saturated heterocycles. The van der Waals surface area contributed by atoms with Crippen LogP contribution in [0.15, 0.2) is 18.2 Å². The zero-order valence-electron chi connectivity index (χ0n) is 8.67. The molecular weight excluding hydrogens is 289 g/mol. The van der Waals surface area contributed by atoms with E-state index in [4.69, 9.17) is 39.9 Å². The summed E-state index contributed by atoms with van der Waals surface area (Å²) in [7, 11) is 0. The zero-order chi connectivity index (χ0) is 13.0.